The van der Waals surface area contributed by atoms with Crippen molar-refractivity contribution >= 4 is 5.69 Å². The molecule has 1 aliphatic carbocycles. The van der Waals surface area contributed by atoms with Gasteiger partial charge in [0.25, 0.3) is 0 Å². The molecule has 104 valence electrons. The molecule has 0 fully saturated rings. The summed E-state index contributed by atoms with van der Waals surface area (Å²) in [5, 5.41) is 3.19. The van der Waals surface area contributed by atoms with Crippen LogP contribution < -0.4 is 5.32 Å². The Balaban J connectivity index is 2.13. The maximum atomic E-state index is 3.19. The summed E-state index contributed by atoms with van der Waals surface area (Å²) in [6.45, 7) is 7.10. The van der Waals surface area contributed by atoms with Crippen LogP contribution in [-0.4, -0.2) is 7.05 Å². The third kappa shape index (κ3) is 1.84. The Morgan fingerprint density at radius 1 is 0.850 bits per heavy atom. The van der Waals surface area contributed by atoms with Crippen LogP contribution in [0.3, 0.4) is 0 Å². The molecule has 1 unspecified atom stereocenters. The summed E-state index contributed by atoms with van der Waals surface area (Å²) in [6.07, 6.45) is 1.16. The quantitative estimate of drug-likeness (QED) is 0.828. The van der Waals surface area contributed by atoms with Crippen LogP contribution in [0.15, 0.2) is 48.5 Å². The minimum atomic E-state index is 0.117. The maximum Gasteiger partial charge on any atom is 0.0337 e. The molecule has 0 amide bonds. The highest BCUT2D eigenvalue weighted by molar-refractivity contribution is 5.54. The zero-order chi connectivity index (χ0) is 14.4. The molecular weight excluding hydrogens is 242 g/mol. The van der Waals surface area contributed by atoms with Gasteiger partial charge in [-0.25, -0.2) is 0 Å². The lowest BCUT2D eigenvalue weighted by Crippen LogP contribution is -2.23. The Morgan fingerprint density at radius 2 is 1.45 bits per heavy atom. The predicted octanol–water partition coefficient (Wildman–Crippen LogP) is 4.72. The van der Waals surface area contributed by atoms with E-state index in [1.54, 1.807) is 0 Å². The van der Waals surface area contributed by atoms with E-state index in [0.29, 0.717) is 0 Å². The van der Waals surface area contributed by atoms with Gasteiger partial charge < -0.3 is 5.32 Å². The van der Waals surface area contributed by atoms with Crippen molar-refractivity contribution in [1.82, 2.24) is 0 Å². The minimum absolute atomic E-state index is 0.117. The lowest BCUT2D eigenvalue weighted by molar-refractivity contribution is 0.425. The molecule has 0 heterocycles. The van der Waals surface area contributed by atoms with Crippen molar-refractivity contribution in [2.24, 2.45) is 0 Å². The third-order valence-electron chi connectivity index (χ3n) is 4.86. The van der Waals surface area contributed by atoms with Gasteiger partial charge in [-0.1, -0.05) is 57.2 Å². The second-order valence-electron chi connectivity index (χ2n) is 6.77. The monoisotopic (exact) mass is 265 g/mol. The van der Waals surface area contributed by atoms with Crippen LogP contribution in [0.2, 0.25) is 0 Å². The summed E-state index contributed by atoms with van der Waals surface area (Å²) >= 11 is 0. The predicted molar refractivity (Wildman–Crippen MR) is 86.5 cm³/mol. The van der Waals surface area contributed by atoms with E-state index in [4.69, 9.17) is 0 Å². The SMILES string of the molecule is CNc1ccc(C2(C)CC(C)(C)c3ccccc32)cc1. The van der Waals surface area contributed by atoms with Gasteiger partial charge in [0.1, 0.15) is 0 Å². The van der Waals surface area contributed by atoms with Crippen molar-refractivity contribution in [3.05, 3.63) is 65.2 Å². The first-order valence-electron chi connectivity index (χ1n) is 7.36. The average Bonchev–Trinajstić information content (AvgIpc) is 2.68. The number of benzene rings is 2. The standard InChI is InChI=1S/C19H23N/c1-18(2)13-19(3,17-8-6-5-7-16(17)18)14-9-11-15(20-4)12-10-14/h5-12,20H,13H2,1-4H3. The second-order valence-corrected chi connectivity index (χ2v) is 6.77. The van der Waals surface area contributed by atoms with E-state index in [1.807, 2.05) is 7.05 Å². The molecule has 0 bridgehead atoms. The van der Waals surface area contributed by atoms with Crippen LogP contribution in [0.1, 0.15) is 43.9 Å². The molecule has 1 atom stereocenters. The van der Waals surface area contributed by atoms with E-state index in [0.717, 1.165) is 6.42 Å². The highest BCUT2D eigenvalue weighted by Gasteiger charge is 2.45. The Kier molecular flexibility index (Phi) is 2.89. The molecule has 20 heavy (non-hydrogen) atoms. The van der Waals surface area contributed by atoms with Gasteiger partial charge >= 0.3 is 0 Å². The summed E-state index contributed by atoms with van der Waals surface area (Å²) in [5.74, 6) is 0. The summed E-state index contributed by atoms with van der Waals surface area (Å²) in [4.78, 5) is 0. The van der Waals surface area contributed by atoms with E-state index in [9.17, 15) is 0 Å². The van der Waals surface area contributed by atoms with E-state index in [-0.39, 0.29) is 10.8 Å². The molecule has 1 N–H and O–H groups in total. The topological polar surface area (TPSA) is 12.0 Å². The zero-order valence-electron chi connectivity index (χ0n) is 12.8. The molecule has 0 spiro atoms. The molecule has 2 aromatic rings. The average molecular weight is 265 g/mol. The van der Waals surface area contributed by atoms with Gasteiger partial charge in [0.2, 0.25) is 0 Å². The van der Waals surface area contributed by atoms with Gasteiger partial charge in [-0.3, -0.25) is 0 Å². The summed E-state index contributed by atoms with van der Waals surface area (Å²) in [7, 11) is 1.96. The van der Waals surface area contributed by atoms with Crippen LogP contribution in [0, 0.1) is 0 Å². The van der Waals surface area contributed by atoms with Gasteiger partial charge in [0.15, 0.2) is 0 Å². The first kappa shape index (κ1) is 13.2. The molecule has 1 heteroatoms. The summed E-state index contributed by atoms with van der Waals surface area (Å²) < 4.78 is 0. The van der Waals surface area contributed by atoms with Crippen molar-refractivity contribution in [3.8, 4) is 0 Å². The fourth-order valence-electron chi connectivity index (χ4n) is 3.89. The molecule has 0 saturated heterocycles. The highest BCUT2D eigenvalue weighted by Crippen LogP contribution is 2.52. The van der Waals surface area contributed by atoms with Crippen LogP contribution in [0.4, 0.5) is 5.69 Å². The van der Waals surface area contributed by atoms with E-state index in [1.165, 1.54) is 22.4 Å². The largest absolute Gasteiger partial charge is 0.388 e. The van der Waals surface area contributed by atoms with Crippen LogP contribution >= 0.6 is 0 Å². The molecule has 1 nitrogen and oxygen atoms in total. The van der Waals surface area contributed by atoms with Gasteiger partial charge in [-0.05, 0) is 40.7 Å². The Labute approximate surface area is 122 Å². The molecule has 0 radical (unpaired) electrons. The summed E-state index contributed by atoms with van der Waals surface area (Å²) in [6, 6.07) is 17.8. The normalized spacial score (nSPS) is 23.4. The second kappa shape index (κ2) is 4.37. The highest BCUT2D eigenvalue weighted by atomic mass is 14.8. The Morgan fingerprint density at radius 3 is 2.05 bits per heavy atom. The number of fused-ring (bicyclic) bond motifs is 1. The molecule has 0 aliphatic heterocycles. The van der Waals surface area contributed by atoms with Crippen LogP contribution in [-0.2, 0) is 10.8 Å². The fraction of sp³-hybridized carbons (Fsp3) is 0.368. The lowest BCUT2D eigenvalue weighted by Gasteiger charge is -2.28. The molecule has 0 saturated carbocycles. The van der Waals surface area contributed by atoms with Crippen LogP contribution in [0.25, 0.3) is 0 Å². The number of hydrogen-bond donors (Lipinski definition) is 1. The first-order valence-corrected chi connectivity index (χ1v) is 7.36. The molecule has 3 rings (SSSR count). The Bertz CT molecular complexity index is 624. The van der Waals surface area contributed by atoms with Gasteiger partial charge in [-0.2, -0.15) is 0 Å². The lowest BCUT2D eigenvalue weighted by atomic mass is 9.75. The number of hydrogen-bond acceptors (Lipinski definition) is 1. The van der Waals surface area contributed by atoms with Crippen LogP contribution in [0.5, 0.6) is 0 Å². The van der Waals surface area contributed by atoms with E-state index >= 15 is 0 Å². The van der Waals surface area contributed by atoms with Crippen molar-refractivity contribution < 1.29 is 0 Å². The van der Waals surface area contributed by atoms with Gasteiger partial charge in [0, 0.05) is 18.2 Å². The maximum absolute atomic E-state index is 3.19. The van der Waals surface area contributed by atoms with E-state index in [2.05, 4.69) is 74.6 Å². The summed E-state index contributed by atoms with van der Waals surface area (Å²) in [5.41, 5.74) is 5.93. The molecule has 0 aromatic heterocycles. The van der Waals surface area contributed by atoms with Crippen molar-refractivity contribution in [2.45, 2.75) is 38.0 Å². The fourth-order valence-corrected chi connectivity index (χ4v) is 3.89. The van der Waals surface area contributed by atoms with Gasteiger partial charge in [0.05, 0.1) is 0 Å². The van der Waals surface area contributed by atoms with Crippen molar-refractivity contribution in [2.75, 3.05) is 12.4 Å². The number of nitrogens with one attached hydrogen (secondary N) is 1. The van der Waals surface area contributed by atoms with Crippen molar-refractivity contribution in [3.63, 3.8) is 0 Å². The Hall–Kier alpha value is -1.76. The zero-order valence-corrected chi connectivity index (χ0v) is 12.8. The van der Waals surface area contributed by atoms with Crippen molar-refractivity contribution in [1.29, 1.82) is 0 Å². The first-order chi connectivity index (χ1) is 9.47. The molecule has 2 aromatic carbocycles. The van der Waals surface area contributed by atoms with Gasteiger partial charge in [-0.15, -0.1) is 0 Å². The molecule has 1 aliphatic rings. The third-order valence-corrected chi connectivity index (χ3v) is 4.86. The molecular formula is C19H23N. The number of rotatable bonds is 2. The minimum Gasteiger partial charge on any atom is -0.388 e. The van der Waals surface area contributed by atoms with E-state index < -0.39 is 0 Å². The smallest absolute Gasteiger partial charge is 0.0337 e. The number of anilines is 1.